The number of aromatic nitrogens is 2. The molecule has 4 heteroatoms. The molecule has 1 unspecified atom stereocenters. The summed E-state index contributed by atoms with van der Waals surface area (Å²) in [6.45, 7) is 12.8. The van der Waals surface area contributed by atoms with E-state index in [1.54, 1.807) is 10.9 Å². The molecular formula is C15H26N4. The van der Waals surface area contributed by atoms with Crippen LogP contribution in [0.25, 0.3) is 6.20 Å². The Morgan fingerprint density at radius 3 is 2.74 bits per heavy atom. The Kier molecular flexibility index (Phi) is 5.16. The highest BCUT2D eigenvalue weighted by atomic mass is 15.2. The van der Waals surface area contributed by atoms with E-state index in [-0.39, 0.29) is 0 Å². The summed E-state index contributed by atoms with van der Waals surface area (Å²) < 4.78 is 1.75. The van der Waals surface area contributed by atoms with Crippen molar-refractivity contribution in [2.45, 2.75) is 39.3 Å². The molecule has 0 spiro atoms. The predicted octanol–water partition coefficient (Wildman–Crippen LogP) is 2.19. The van der Waals surface area contributed by atoms with Gasteiger partial charge in [0.1, 0.15) is 0 Å². The Balaban J connectivity index is 1.80. The maximum absolute atomic E-state index is 4.19. The van der Waals surface area contributed by atoms with Crippen molar-refractivity contribution in [2.75, 3.05) is 19.6 Å². The number of likely N-dealkylation sites (tertiary alicyclic amines) is 1. The number of hydrogen-bond acceptors (Lipinski definition) is 3. The van der Waals surface area contributed by atoms with Crippen LogP contribution in [0.2, 0.25) is 0 Å². The molecule has 0 saturated carbocycles. The molecule has 1 saturated heterocycles. The molecule has 0 bridgehead atoms. The highest BCUT2D eigenvalue weighted by Gasteiger charge is 2.23. The number of hydrogen-bond donors (Lipinski definition) is 1. The van der Waals surface area contributed by atoms with Crippen molar-refractivity contribution < 1.29 is 0 Å². The third-order valence-corrected chi connectivity index (χ3v) is 3.90. The first-order valence-electron chi connectivity index (χ1n) is 7.31. The molecule has 19 heavy (non-hydrogen) atoms. The minimum absolute atomic E-state index is 0.650. The largest absolute Gasteiger partial charge is 0.311 e. The highest BCUT2D eigenvalue weighted by molar-refractivity contribution is 5.17. The zero-order valence-corrected chi connectivity index (χ0v) is 12.2. The molecule has 0 aromatic carbocycles. The van der Waals surface area contributed by atoms with Crippen LogP contribution in [0.1, 0.15) is 32.3 Å². The lowest BCUT2D eigenvalue weighted by Gasteiger charge is -2.31. The van der Waals surface area contributed by atoms with Crippen LogP contribution in [0.4, 0.5) is 0 Å². The quantitative estimate of drug-likeness (QED) is 0.818. The first-order valence-corrected chi connectivity index (χ1v) is 7.31. The zero-order chi connectivity index (χ0) is 13.7. The Labute approximate surface area is 116 Å². The van der Waals surface area contributed by atoms with Crippen LogP contribution < -0.4 is 5.32 Å². The Hall–Kier alpha value is -1.13. The Bertz CT molecular complexity index is 391. The van der Waals surface area contributed by atoms with E-state index in [1.807, 2.05) is 12.4 Å². The van der Waals surface area contributed by atoms with Gasteiger partial charge in [0.15, 0.2) is 0 Å². The van der Waals surface area contributed by atoms with Gasteiger partial charge in [0.25, 0.3) is 0 Å². The molecule has 1 aliphatic rings. The molecule has 0 radical (unpaired) electrons. The van der Waals surface area contributed by atoms with Crippen molar-refractivity contribution in [3.05, 3.63) is 24.5 Å². The van der Waals surface area contributed by atoms with Crippen LogP contribution in [0.3, 0.4) is 0 Å². The molecule has 1 aromatic heterocycles. The van der Waals surface area contributed by atoms with Gasteiger partial charge in [-0.05, 0) is 31.8 Å². The maximum Gasteiger partial charge on any atom is 0.0538 e. The molecule has 1 aliphatic heterocycles. The van der Waals surface area contributed by atoms with Crippen molar-refractivity contribution in [3.63, 3.8) is 0 Å². The first-order chi connectivity index (χ1) is 9.20. The van der Waals surface area contributed by atoms with Gasteiger partial charge in [-0.2, -0.15) is 5.10 Å². The van der Waals surface area contributed by atoms with Crippen molar-refractivity contribution in [2.24, 2.45) is 5.92 Å². The summed E-state index contributed by atoms with van der Waals surface area (Å²) in [5.74, 6) is 0.696. The smallest absolute Gasteiger partial charge is 0.0538 e. The summed E-state index contributed by atoms with van der Waals surface area (Å²) in [5, 5.41) is 7.76. The molecule has 0 aliphatic carbocycles. The summed E-state index contributed by atoms with van der Waals surface area (Å²) in [4.78, 5) is 2.63. The van der Waals surface area contributed by atoms with Gasteiger partial charge < -0.3 is 5.32 Å². The van der Waals surface area contributed by atoms with E-state index in [0.717, 1.165) is 13.1 Å². The van der Waals surface area contributed by atoms with Crippen molar-refractivity contribution in [1.29, 1.82) is 0 Å². The average molecular weight is 262 g/mol. The SMILES string of the molecule is C=Cn1cc(CNCC(C(C)C)N2CCCC2)cn1. The predicted molar refractivity (Wildman–Crippen MR) is 79.8 cm³/mol. The third-order valence-electron chi connectivity index (χ3n) is 3.90. The minimum atomic E-state index is 0.650. The summed E-state index contributed by atoms with van der Waals surface area (Å²) in [6, 6.07) is 0.650. The van der Waals surface area contributed by atoms with Gasteiger partial charge >= 0.3 is 0 Å². The number of rotatable bonds is 7. The second-order valence-electron chi connectivity index (χ2n) is 5.70. The molecule has 2 heterocycles. The third kappa shape index (κ3) is 3.91. The molecule has 1 aromatic rings. The van der Waals surface area contributed by atoms with Crippen molar-refractivity contribution in [3.8, 4) is 0 Å². The van der Waals surface area contributed by atoms with E-state index in [1.165, 1.54) is 31.5 Å². The number of nitrogens with one attached hydrogen (secondary N) is 1. The van der Waals surface area contributed by atoms with Crippen LogP contribution in [0, 0.1) is 5.92 Å². The molecule has 1 fully saturated rings. The fourth-order valence-corrected chi connectivity index (χ4v) is 2.79. The van der Waals surface area contributed by atoms with Gasteiger partial charge in [0, 0.05) is 37.1 Å². The molecule has 1 N–H and O–H groups in total. The lowest BCUT2D eigenvalue weighted by molar-refractivity contribution is 0.186. The second kappa shape index (κ2) is 6.87. The van der Waals surface area contributed by atoms with Crippen molar-refractivity contribution in [1.82, 2.24) is 20.0 Å². The lowest BCUT2D eigenvalue weighted by atomic mass is 10.0. The fourth-order valence-electron chi connectivity index (χ4n) is 2.79. The van der Waals surface area contributed by atoms with Gasteiger partial charge in [-0.25, -0.2) is 4.68 Å². The van der Waals surface area contributed by atoms with E-state index >= 15 is 0 Å². The van der Waals surface area contributed by atoms with Crippen LogP contribution in [0.5, 0.6) is 0 Å². The van der Waals surface area contributed by atoms with Crippen LogP contribution in [-0.4, -0.2) is 40.4 Å². The molecule has 0 amide bonds. The monoisotopic (exact) mass is 262 g/mol. The summed E-state index contributed by atoms with van der Waals surface area (Å²) in [6.07, 6.45) is 8.34. The van der Waals surface area contributed by atoms with Gasteiger partial charge in [-0.15, -0.1) is 0 Å². The Morgan fingerprint density at radius 1 is 1.42 bits per heavy atom. The van der Waals surface area contributed by atoms with E-state index in [0.29, 0.717) is 12.0 Å². The Morgan fingerprint density at radius 2 is 2.16 bits per heavy atom. The van der Waals surface area contributed by atoms with Gasteiger partial charge in [-0.1, -0.05) is 20.4 Å². The lowest BCUT2D eigenvalue weighted by Crippen LogP contribution is -2.44. The van der Waals surface area contributed by atoms with Crippen LogP contribution in [0.15, 0.2) is 19.0 Å². The molecule has 106 valence electrons. The summed E-state index contributed by atoms with van der Waals surface area (Å²) in [5.41, 5.74) is 1.21. The van der Waals surface area contributed by atoms with E-state index in [4.69, 9.17) is 0 Å². The topological polar surface area (TPSA) is 33.1 Å². The second-order valence-corrected chi connectivity index (χ2v) is 5.70. The highest BCUT2D eigenvalue weighted by Crippen LogP contribution is 2.17. The zero-order valence-electron chi connectivity index (χ0n) is 12.2. The van der Waals surface area contributed by atoms with Gasteiger partial charge in [0.2, 0.25) is 0 Å². The average Bonchev–Trinajstić information content (AvgIpc) is 3.05. The maximum atomic E-state index is 4.19. The minimum Gasteiger partial charge on any atom is -0.311 e. The fraction of sp³-hybridized carbons (Fsp3) is 0.667. The molecule has 4 nitrogen and oxygen atoms in total. The van der Waals surface area contributed by atoms with Gasteiger partial charge in [0.05, 0.1) is 6.20 Å². The first kappa shape index (κ1) is 14.3. The molecule has 2 rings (SSSR count). The van der Waals surface area contributed by atoms with Crippen LogP contribution >= 0.6 is 0 Å². The van der Waals surface area contributed by atoms with E-state index in [9.17, 15) is 0 Å². The summed E-state index contributed by atoms with van der Waals surface area (Å²) >= 11 is 0. The van der Waals surface area contributed by atoms with E-state index < -0.39 is 0 Å². The van der Waals surface area contributed by atoms with Crippen molar-refractivity contribution >= 4 is 6.20 Å². The van der Waals surface area contributed by atoms with Crippen LogP contribution in [-0.2, 0) is 6.54 Å². The normalized spacial score (nSPS) is 18.1. The molecule has 1 atom stereocenters. The summed E-state index contributed by atoms with van der Waals surface area (Å²) in [7, 11) is 0. The number of nitrogens with zero attached hydrogens (tertiary/aromatic N) is 3. The van der Waals surface area contributed by atoms with E-state index in [2.05, 4.69) is 35.7 Å². The van der Waals surface area contributed by atoms with Gasteiger partial charge in [-0.3, -0.25) is 4.90 Å². The molecular weight excluding hydrogens is 236 g/mol. The standard InChI is InChI=1S/C15H26N4/c1-4-19-12-14(10-17-19)9-16-11-15(13(2)3)18-7-5-6-8-18/h4,10,12-13,15-16H,1,5-9,11H2,2-3H3.